The summed E-state index contributed by atoms with van der Waals surface area (Å²) in [5, 5.41) is 10.7. The zero-order valence-electron chi connectivity index (χ0n) is 17.3. The molecule has 146 valence electrons. The van der Waals surface area contributed by atoms with Crippen LogP contribution in [0.3, 0.4) is 0 Å². The molecule has 25 heavy (non-hydrogen) atoms. The molecule has 2 rings (SSSR count). The van der Waals surface area contributed by atoms with Gasteiger partial charge in [-0.1, -0.05) is 41.0 Å². The summed E-state index contributed by atoms with van der Waals surface area (Å²) in [5.74, 6) is 1.07. The predicted octanol–water partition coefficient (Wildman–Crippen LogP) is 4.05. The number of hydrogen-bond acceptors (Lipinski definition) is 4. The van der Waals surface area contributed by atoms with Crippen LogP contribution < -0.4 is 0 Å². The largest absolute Gasteiger partial charge is 0.462 e. The first-order valence-corrected chi connectivity index (χ1v) is 9.87. The summed E-state index contributed by atoms with van der Waals surface area (Å²) in [5.41, 5.74) is -0.920. The molecule has 2 saturated carbocycles. The highest BCUT2D eigenvalue weighted by Crippen LogP contribution is 2.62. The lowest BCUT2D eigenvalue weighted by Crippen LogP contribution is -2.41. The average Bonchev–Trinajstić information content (AvgIpc) is 3.08. The highest BCUT2D eigenvalue weighted by Gasteiger charge is 2.67. The second-order valence-corrected chi connectivity index (χ2v) is 9.88. The molecule has 2 fully saturated rings. The van der Waals surface area contributed by atoms with Gasteiger partial charge in [0.15, 0.2) is 0 Å². The quantitative estimate of drug-likeness (QED) is 0.731. The molecule has 0 aromatic heterocycles. The van der Waals surface area contributed by atoms with E-state index in [1.807, 2.05) is 27.7 Å². The van der Waals surface area contributed by atoms with E-state index in [4.69, 9.17) is 9.47 Å². The van der Waals surface area contributed by atoms with Crippen LogP contribution in [0.4, 0.5) is 0 Å². The molecule has 0 heterocycles. The van der Waals surface area contributed by atoms with Gasteiger partial charge in [0, 0.05) is 13.0 Å². The Balaban J connectivity index is 2.07. The lowest BCUT2D eigenvalue weighted by molar-refractivity contribution is -0.159. The maximum atomic E-state index is 12.9. The molecule has 0 radical (unpaired) electrons. The molecule has 0 aromatic rings. The SMILES string of the molecule is COC(C)(C)C(O)C1C(C(=O)OC2CC(C)CCC2C(C)C)C1(C)C. The summed E-state index contributed by atoms with van der Waals surface area (Å²) in [6.45, 7) is 14.5. The number of aliphatic hydroxyl groups excluding tert-OH is 1. The van der Waals surface area contributed by atoms with Crippen LogP contribution in [0.2, 0.25) is 0 Å². The summed E-state index contributed by atoms with van der Waals surface area (Å²) in [6, 6.07) is 0. The number of aliphatic hydroxyl groups is 1. The molecule has 0 saturated heterocycles. The van der Waals surface area contributed by atoms with Crippen molar-refractivity contribution in [1.29, 1.82) is 0 Å². The first-order valence-electron chi connectivity index (χ1n) is 9.87. The molecule has 4 nitrogen and oxygen atoms in total. The van der Waals surface area contributed by atoms with Crippen LogP contribution in [0.15, 0.2) is 0 Å². The number of rotatable bonds is 6. The molecule has 1 N–H and O–H groups in total. The minimum Gasteiger partial charge on any atom is -0.462 e. The smallest absolute Gasteiger partial charge is 0.310 e. The van der Waals surface area contributed by atoms with E-state index < -0.39 is 11.7 Å². The van der Waals surface area contributed by atoms with Crippen molar-refractivity contribution in [3.8, 4) is 0 Å². The van der Waals surface area contributed by atoms with Crippen molar-refractivity contribution in [2.75, 3.05) is 7.11 Å². The van der Waals surface area contributed by atoms with Crippen LogP contribution >= 0.6 is 0 Å². The number of methoxy groups -OCH3 is 1. The van der Waals surface area contributed by atoms with E-state index in [-0.39, 0.29) is 29.3 Å². The second-order valence-electron chi connectivity index (χ2n) is 9.88. The minimum atomic E-state index is -0.684. The fourth-order valence-corrected chi connectivity index (χ4v) is 4.74. The highest BCUT2D eigenvalue weighted by atomic mass is 16.5. The van der Waals surface area contributed by atoms with Crippen LogP contribution in [0, 0.1) is 35.0 Å². The maximum absolute atomic E-state index is 12.9. The van der Waals surface area contributed by atoms with Crippen molar-refractivity contribution in [1.82, 2.24) is 0 Å². The van der Waals surface area contributed by atoms with Crippen LogP contribution in [-0.4, -0.2) is 36.0 Å². The fourth-order valence-electron chi connectivity index (χ4n) is 4.74. The Kier molecular flexibility index (Phi) is 5.95. The van der Waals surface area contributed by atoms with Gasteiger partial charge in [-0.25, -0.2) is 0 Å². The average molecular weight is 355 g/mol. The van der Waals surface area contributed by atoms with Crippen LogP contribution in [0.1, 0.15) is 67.7 Å². The Morgan fingerprint density at radius 3 is 2.36 bits per heavy atom. The van der Waals surface area contributed by atoms with E-state index in [0.29, 0.717) is 17.8 Å². The Hall–Kier alpha value is -0.610. The van der Waals surface area contributed by atoms with E-state index in [2.05, 4.69) is 20.8 Å². The molecular weight excluding hydrogens is 316 g/mol. The highest BCUT2D eigenvalue weighted by molar-refractivity contribution is 5.78. The monoisotopic (exact) mass is 354 g/mol. The molecule has 0 bridgehead atoms. The summed E-state index contributed by atoms with van der Waals surface area (Å²) >= 11 is 0. The maximum Gasteiger partial charge on any atom is 0.310 e. The topological polar surface area (TPSA) is 55.8 Å². The number of carbonyl (C=O) groups excluding carboxylic acids is 1. The molecular formula is C21H38O4. The van der Waals surface area contributed by atoms with E-state index in [0.717, 1.165) is 12.8 Å². The number of hydrogen-bond donors (Lipinski definition) is 1. The third-order valence-electron chi connectivity index (χ3n) is 6.97. The Bertz CT molecular complexity index is 482. The number of ether oxygens (including phenoxy) is 2. The molecule has 0 aromatic carbocycles. The minimum absolute atomic E-state index is 0.0147. The first-order chi connectivity index (χ1) is 11.4. The normalized spacial score (nSPS) is 36.2. The van der Waals surface area contributed by atoms with Crippen molar-refractivity contribution in [2.24, 2.45) is 35.0 Å². The molecule has 6 unspecified atom stereocenters. The van der Waals surface area contributed by atoms with Crippen molar-refractivity contribution in [3.05, 3.63) is 0 Å². The Morgan fingerprint density at radius 1 is 1.24 bits per heavy atom. The third-order valence-corrected chi connectivity index (χ3v) is 6.97. The fraction of sp³-hybridized carbons (Fsp3) is 0.952. The molecule has 0 aliphatic heterocycles. The van der Waals surface area contributed by atoms with Crippen LogP contribution in [-0.2, 0) is 14.3 Å². The zero-order valence-corrected chi connectivity index (χ0v) is 17.3. The van der Waals surface area contributed by atoms with Gasteiger partial charge in [0.05, 0.1) is 17.6 Å². The first kappa shape index (κ1) is 20.7. The number of esters is 1. The molecule has 0 spiro atoms. The molecule has 2 aliphatic rings. The van der Waals surface area contributed by atoms with Gasteiger partial charge in [-0.05, 0) is 49.9 Å². The lowest BCUT2D eigenvalue weighted by atomic mass is 9.75. The molecule has 0 amide bonds. The molecule has 6 atom stereocenters. The summed E-state index contributed by atoms with van der Waals surface area (Å²) in [4.78, 5) is 12.9. The van der Waals surface area contributed by atoms with Gasteiger partial charge in [-0.2, -0.15) is 0 Å². The summed E-state index contributed by atoms with van der Waals surface area (Å²) < 4.78 is 11.5. The standard InChI is InChI=1S/C21H38O4/c1-12(2)14-10-9-13(3)11-15(14)25-19(23)17-16(20(17,4)5)18(22)21(6,7)24-8/h12-18,22H,9-11H2,1-8H3. The third kappa shape index (κ3) is 4.05. The number of carbonyl (C=O) groups is 1. The van der Waals surface area contributed by atoms with Crippen molar-refractivity contribution >= 4 is 5.97 Å². The van der Waals surface area contributed by atoms with Crippen molar-refractivity contribution in [2.45, 2.75) is 85.5 Å². The van der Waals surface area contributed by atoms with E-state index in [1.54, 1.807) is 7.11 Å². The summed E-state index contributed by atoms with van der Waals surface area (Å²) in [6.07, 6.45) is 2.64. The van der Waals surface area contributed by atoms with Gasteiger partial charge < -0.3 is 14.6 Å². The zero-order chi connectivity index (χ0) is 19.2. The van der Waals surface area contributed by atoms with E-state index in [1.165, 1.54) is 6.42 Å². The van der Waals surface area contributed by atoms with Gasteiger partial charge in [0.25, 0.3) is 0 Å². The second kappa shape index (κ2) is 7.19. The lowest BCUT2D eigenvalue weighted by Gasteiger charge is -2.37. The van der Waals surface area contributed by atoms with Crippen molar-refractivity contribution < 1.29 is 19.4 Å². The van der Waals surface area contributed by atoms with E-state index in [9.17, 15) is 9.90 Å². The van der Waals surface area contributed by atoms with Gasteiger partial charge in [-0.3, -0.25) is 4.79 Å². The Morgan fingerprint density at radius 2 is 1.84 bits per heavy atom. The van der Waals surface area contributed by atoms with Gasteiger partial charge >= 0.3 is 5.97 Å². The van der Waals surface area contributed by atoms with E-state index >= 15 is 0 Å². The van der Waals surface area contributed by atoms with Gasteiger partial charge in [-0.15, -0.1) is 0 Å². The van der Waals surface area contributed by atoms with Gasteiger partial charge in [0.1, 0.15) is 6.10 Å². The van der Waals surface area contributed by atoms with Crippen molar-refractivity contribution in [3.63, 3.8) is 0 Å². The predicted molar refractivity (Wildman–Crippen MR) is 99.1 cm³/mol. The van der Waals surface area contributed by atoms with Crippen LogP contribution in [0.25, 0.3) is 0 Å². The van der Waals surface area contributed by atoms with Gasteiger partial charge in [0.2, 0.25) is 0 Å². The molecule has 2 aliphatic carbocycles. The van der Waals surface area contributed by atoms with Crippen LogP contribution in [0.5, 0.6) is 0 Å². The Labute approximate surface area is 153 Å². The molecule has 4 heteroatoms. The summed E-state index contributed by atoms with van der Waals surface area (Å²) in [7, 11) is 1.60.